The third kappa shape index (κ3) is 9.84. The van der Waals surface area contributed by atoms with Gasteiger partial charge in [0.1, 0.15) is 0 Å². The number of rotatable bonds is 2. The van der Waals surface area contributed by atoms with Crippen LogP contribution in [0.2, 0.25) is 0 Å². The zero-order valence-electron chi connectivity index (χ0n) is 9.97. The second-order valence-electron chi connectivity index (χ2n) is 2.90. The zero-order valence-corrected chi connectivity index (χ0v) is 9.97. The summed E-state index contributed by atoms with van der Waals surface area (Å²) in [4.78, 5) is 2.57. The van der Waals surface area contributed by atoms with Gasteiger partial charge in [-0.1, -0.05) is 27.2 Å². The van der Waals surface area contributed by atoms with Crippen LogP contribution in [0.4, 0.5) is 0 Å². The maximum Gasteiger partial charge on any atom is -0.00187 e. The summed E-state index contributed by atoms with van der Waals surface area (Å²) in [5.74, 6) is 0. The van der Waals surface area contributed by atoms with Gasteiger partial charge in [0, 0.05) is 0 Å². The highest BCUT2D eigenvalue weighted by Crippen LogP contribution is 2.07. The van der Waals surface area contributed by atoms with E-state index in [1.54, 1.807) is 0 Å². The molecule has 0 aromatic carbocycles. The lowest BCUT2D eigenvalue weighted by atomic mass is 10.1. The molecule has 1 rings (SSSR count). The number of nitrogens with zero attached hydrogens (tertiary/aromatic N) is 1. The minimum atomic E-state index is 1.32. The Balaban J connectivity index is 0. The van der Waals surface area contributed by atoms with E-state index >= 15 is 0 Å². The van der Waals surface area contributed by atoms with Gasteiger partial charge in [-0.25, -0.2) is 0 Å². The average molecular weight is 188 g/mol. The molecule has 2 N–H and O–H groups in total. The fraction of sp³-hybridized carbons (Fsp3) is 1.00. The molecule has 1 aliphatic heterocycles. The summed E-state index contributed by atoms with van der Waals surface area (Å²) in [7, 11) is 1.50. The van der Waals surface area contributed by atoms with Crippen LogP contribution in [0, 0.1) is 0 Å². The van der Waals surface area contributed by atoms with Gasteiger partial charge in [0.05, 0.1) is 0 Å². The van der Waals surface area contributed by atoms with Crippen molar-refractivity contribution in [3.63, 3.8) is 0 Å². The molecule has 0 aromatic rings. The molecular formula is C11H28N2. The van der Waals surface area contributed by atoms with E-state index in [4.69, 9.17) is 0 Å². The number of hydrogen-bond donors (Lipinski definition) is 1. The molecule has 0 atom stereocenters. The van der Waals surface area contributed by atoms with Crippen molar-refractivity contribution < 1.29 is 0 Å². The number of likely N-dealkylation sites (tertiary alicyclic amines) is 1. The molecule has 1 aliphatic rings. The quantitative estimate of drug-likeness (QED) is 0.721. The van der Waals surface area contributed by atoms with Crippen molar-refractivity contribution >= 4 is 0 Å². The second-order valence-corrected chi connectivity index (χ2v) is 2.90. The largest absolute Gasteiger partial charge is 0.333 e. The Morgan fingerprint density at radius 3 is 1.85 bits per heavy atom. The molecule has 0 bridgehead atoms. The van der Waals surface area contributed by atoms with Crippen LogP contribution < -0.4 is 5.73 Å². The minimum absolute atomic E-state index is 1.32. The van der Waals surface area contributed by atoms with Gasteiger partial charge in [0.2, 0.25) is 0 Å². The number of hydrogen-bond acceptors (Lipinski definition) is 2. The average Bonchev–Trinajstić information content (AvgIpc) is 2.26. The molecule has 82 valence electrons. The Morgan fingerprint density at radius 1 is 1.00 bits per heavy atom. The molecule has 0 spiro atoms. The number of nitrogens with two attached hydrogens (primary N) is 1. The van der Waals surface area contributed by atoms with E-state index in [1.807, 2.05) is 13.8 Å². The predicted octanol–water partition coefficient (Wildman–Crippen LogP) is 2.48. The van der Waals surface area contributed by atoms with Gasteiger partial charge in [0.15, 0.2) is 0 Å². The molecule has 1 heterocycles. The van der Waals surface area contributed by atoms with E-state index in [0.29, 0.717) is 0 Å². The summed E-state index contributed by atoms with van der Waals surface area (Å²) >= 11 is 0. The molecule has 2 heteroatoms. The second kappa shape index (κ2) is 14.4. The van der Waals surface area contributed by atoms with Crippen LogP contribution in [0.1, 0.15) is 46.5 Å². The first-order valence-electron chi connectivity index (χ1n) is 5.73. The van der Waals surface area contributed by atoms with Crippen LogP contribution in [0.5, 0.6) is 0 Å². The van der Waals surface area contributed by atoms with Gasteiger partial charge in [0.25, 0.3) is 0 Å². The van der Waals surface area contributed by atoms with Crippen molar-refractivity contribution in [2.45, 2.75) is 46.5 Å². The molecule has 1 saturated heterocycles. The van der Waals surface area contributed by atoms with E-state index in [0.717, 1.165) is 0 Å². The molecule has 0 saturated carbocycles. The molecule has 0 amide bonds. The SMILES string of the molecule is CC.CCCN1CCCCC1.CN. The summed E-state index contributed by atoms with van der Waals surface area (Å²) in [6.45, 7) is 10.3. The monoisotopic (exact) mass is 188 g/mol. The Hall–Kier alpha value is -0.0800. The van der Waals surface area contributed by atoms with Gasteiger partial charge in [-0.2, -0.15) is 0 Å². The van der Waals surface area contributed by atoms with Gasteiger partial charge < -0.3 is 10.6 Å². The van der Waals surface area contributed by atoms with Crippen molar-refractivity contribution in [3.8, 4) is 0 Å². The fourth-order valence-corrected chi connectivity index (χ4v) is 1.50. The fourth-order valence-electron chi connectivity index (χ4n) is 1.50. The maximum atomic E-state index is 4.50. The molecule has 13 heavy (non-hydrogen) atoms. The third-order valence-corrected chi connectivity index (χ3v) is 1.99. The minimum Gasteiger partial charge on any atom is -0.333 e. The van der Waals surface area contributed by atoms with Gasteiger partial charge in [-0.15, -0.1) is 0 Å². The molecule has 1 fully saturated rings. The van der Waals surface area contributed by atoms with Gasteiger partial charge in [-0.05, 0) is 45.9 Å². The van der Waals surface area contributed by atoms with Crippen LogP contribution >= 0.6 is 0 Å². The maximum absolute atomic E-state index is 4.50. The van der Waals surface area contributed by atoms with E-state index in [2.05, 4.69) is 17.6 Å². The molecule has 0 aromatic heterocycles. The third-order valence-electron chi connectivity index (χ3n) is 1.99. The normalized spacial score (nSPS) is 16.4. The summed E-state index contributed by atoms with van der Waals surface area (Å²) < 4.78 is 0. The summed E-state index contributed by atoms with van der Waals surface area (Å²) in [6.07, 6.45) is 5.64. The number of piperidine rings is 1. The van der Waals surface area contributed by atoms with Crippen molar-refractivity contribution in [2.75, 3.05) is 26.7 Å². The highest BCUT2D eigenvalue weighted by atomic mass is 15.1. The van der Waals surface area contributed by atoms with Gasteiger partial charge >= 0.3 is 0 Å². The van der Waals surface area contributed by atoms with Crippen molar-refractivity contribution in [1.29, 1.82) is 0 Å². The molecule has 2 nitrogen and oxygen atoms in total. The first-order valence-corrected chi connectivity index (χ1v) is 5.73. The predicted molar refractivity (Wildman–Crippen MR) is 62.0 cm³/mol. The van der Waals surface area contributed by atoms with E-state index < -0.39 is 0 Å². The topological polar surface area (TPSA) is 29.3 Å². The molecular weight excluding hydrogens is 160 g/mol. The van der Waals surface area contributed by atoms with Crippen LogP contribution in [-0.4, -0.2) is 31.6 Å². The molecule has 0 radical (unpaired) electrons. The summed E-state index contributed by atoms with van der Waals surface area (Å²) in [5, 5.41) is 0. The Bertz CT molecular complexity index is 65.7. The van der Waals surface area contributed by atoms with Crippen LogP contribution in [0.25, 0.3) is 0 Å². The van der Waals surface area contributed by atoms with E-state index in [-0.39, 0.29) is 0 Å². The summed E-state index contributed by atoms with van der Waals surface area (Å²) in [5.41, 5.74) is 4.50. The highest BCUT2D eigenvalue weighted by molar-refractivity contribution is 4.62. The lowest BCUT2D eigenvalue weighted by molar-refractivity contribution is 0.229. The smallest absolute Gasteiger partial charge is 0.00187 e. The molecule has 0 aliphatic carbocycles. The van der Waals surface area contributed by atoms with E-state index in [1.165, 1.54) is 52.4 Å². The Kier molecular flexibility index (Phi) is 17.1. The standard InChI is InChI=1S/C8H17N.C2H6.CH5N/c1-2-6-9-7-4-3-5-8-9;2*1-2/h2-8H2,1H3;1-2H3;2H2,1H3. The zero-order chi connectivity index (χ0) is 10.5. The van der Waals surface area contributed by atoms with Crippen LogP contribution in [0.3, 0.4) is 0 Å². The summed E-state index contributed by atoms with van der Waals surface area (Å²) in [6, 6.07) is 0. The first kappa shape index (κ1) is 15.4. The van der Waals surface area contributed by atoms with Crippen molar-refractivity contribution in [3.05, 3.63) is 0 Å². The van der Waals surface area contributed by atoms with E-state index in [9.17, 15) is 0 Å². The lowest BCUT2D eigenvalue weighted by Gasteiger charge is -2.25. The first-order chi connectivity index (χ1) is 6.43. The van der Waals surface area contributed by atoms with Crippen molar-refractivity contribution in [1.82, 2.24) is 4.90 Å². The highest BCUT2D eigenvalue weighted by Gasteiger charge is 2.07. The van der Waals surface area contributed by atoms with Gasteiger partial charge in [-0.3, -0.25) is 0 Å². The van der Waals surface area contributed by atoms with Crippen molar-refractivity contribution in [2.24, 2.45) is 5.73 Å². The van der Waals surface area contributed by atoms with Crippen LogP contribution in [-0.2, 0) is 0 Å². The lowest BCUT2D eigenvalue weighted by Crippen LogP contribution is -2.30. The van der Waals surface area contributed by atoms with Crippen LogP contribution in [0.15, 0.2) is 0 Å². The molecule has 0 unspecified atom stereocenters. The Morgan fingerprint density at radius 2 is 1.46 bits per heavy atom. The Labute approximate surface area is 84.5 Å².